The number of carbonyl (C=O) groups excluding carboxylic acids is 4. The zero-order valence-corrected chi connectivity index (χ0v) is 22.2. The zero-order valence-electron chi connectivity index (χ0n) is 22.2. The van der Waals surface area contributed by atoms with Crippen LogP contribution in [0.25, 0.3) is 33.1 Å². The molecule has 0 unspecified atom stereocenters. The summed E-state index contributed by atoms with van der Waals surface area (Å²) in [6, 6.07) is 14.8. The lowest BCUT2D eigenvalue weighted by atomic mass is 9.97. The lowest BCUT2D eigenvalue weighted by Gasteiger charge is -2.44. The molecule has 1 aliphatic rings. The van der Waals surface area contributed by atoms with Crippen LogP contribution in [0.3, 0.4) is 0 Å². The SMILES string of the molecule is CC(=O)OC[C@H]1O[C@@H](n2c3ccccc3c3nc4ccccc4nc32)[C@@H](OC(C)=O)[C@@H](OC(C)=O)[C@@H]1OC(C)=O. The van der Waals surface area contributed by atoms with E-state index in [4.69, 9.17) is 33.7 Å². The number of para-hydroxylation sites is 3. The van der Waals surface area contributed by atoms with Crippen LogP contribution in [0.15, 0.2) is 48.5 Å². The fraction of sp³-hybridized carbons (Fsp3) is 0.357. The van der Waals surface area contributed by atoms with Gasteiger partial charge in [0, 0.05) is 33.1 Å². The third kappa shape index (κ3) is 5.17. The quantitative estimate of drug-likeness (QED) is 0.258. The van der Waals surface area contributed by atoms with Crippen molar-refractivity contribution >= 4 is 57.0 Å². The van der Waals surface area contributed by atoms with Gasteiger partial charge in [-0.3, -0.25) is 23.7 Å². The maximum Gasteiger partial charge on any atom is 0.303 e. The summed E-state index contributed by atoms with van der Waals surface area (Å²) in [5.74, 6) is -2.69. The lowest BCUT2D eigenvalue weighted by Crippen LogP contribution is -2.60. The molecule has 3 heterocycles. The summed E-state index contributed by atoms with van der Waals surface area (Å²) < 4.78 is 30.2. The number of nitrogens with zero attached hydrogens (tertiary/aromatic N) is 3. The van der Waals surface area contributed by atoms with Gasteiger partial charge < -0.3 is 23.7 Å². The average molecular weight is 550 g/mol. The van der Waals surface area contributed by atoms with Gasteiger partial charge in [0.25, 0.3) is 0 Å². The standard InChI is InChI=1S/C28H27N3O9/c1-14(32)36-13-22-24(37-15(2)33)25(38-16(3)34)26(39-17(4)35)28(40-22)31-21-12-8-5-9-18(21)23-27(31)30-20-11-7-6-10-19(20)29-23/h5-12,22,24-26,28H,13H2,1-4H3/t22-,24-,25+,26+,28-/m1/s1. The van der Waals surface area contributed by atoms with Crippen molar-refractivity contribution in [1.29, 1.82) is 0 Å². The van der Waals surface area contributed by atoms with Crippen molar-refractivity contribution in [3.63, 3.8) is 0 Å². The van der Waals surface area contributed by atoms with Crippen LogP contribution in [0.1, 0.15) is 33.9 Å². The van der Waals surface area contributed by atoms with Crippen molar-refractivity contribution < 1.29 is 42.9 Å². The van der Waals surface area contributed by atoms with Gasteiger partial charge in [-0.05, 0) is 18.2 Å². The van der Waals surface area contributed by atoms with E-state index in [0.717, 1.165) is 5.39 Å². The van der Waals surface area contributed by atoms with Crippen molar-refractivity contribution in [2.75, 3.05) is 6.61 Å². The van der Waals surface area contributed by atoms with E-state index in [1.165, 1.54) is 27.7 Å². The number of rotatable bonds is 6. The highest BCUT2D eigenvalue weighted by Crippen LogP contribution is 2.39. The molecule has 208 valence electrons. The number of fused-ring (bicyclic) bond motifs is 4. The first-order valence-corrected chi connectivity index (χ1v) is 12.6. The number of aromatic nitrogens is 3. The molecule has 12 nitrogen and oxygen atoms in total. The van der Waals surface area contributed by atoms with Crippen LogP contribution < -0.4 is 0 Å². The van der Waals surface area contributed by atoms with E-state index in [1.54, 1.807) is 4.57 Å². The van der Waals surface area contributed by atoms with Crippen LogP contribution >= 0.6 is 0 Å². The van der Waals surface area contributed by atoms with Crippen molar-refractivity contribution in [3.05, 3.63) is 48.5 Å². The maximum absolute atomic E-state index is 12.4. The molecule has 1 fully saturated rings. The van der Waals surface area contributed by atoms with Gasteiger partial charge in [0.2, 0.25) is 0 Å². The molecule has 0 spiro atoms. The summed E-state index contributed by atoms with van der Waals surface area (Å²) in [6.07, 6.45) is -6.11. The molecule has 1 saturated heterocycles. The molecule has 4 aromatic rings. The summed E-state index contributed by atoms with van der Waals surface area (Å²) in [7, 11) is 0. The normalized spacial score (nSPS) is 22.6. The van der Waals surface area contributed by atoms with Crippen molar-refractivity contribution in [1.82, 2.24) is 14.5 Å². The van der Waals surface area contributed by atoms with Crippen LogP contribution in [0, 0.1) is 0 Å². The van der Waals surface area contributed by atoms with Crippen LogP contribution in [-0.2, 0) is 42.9 Å². The van der Waals surface area contributed by atoms with Crippen molar-refractivity contribution in [2.45, 2.75) is 58.3 Å². The highest BCUT2D eigenvalue weighted by Gasteiger charge is 2.53. The van der Waals surface area contributed by atoms with Gasteiger partial charge in [-0.2, -0.15) is 0 Å². The molecular weight excluding hydrogens is 522 g/mol. The van der Waals surface area contributed by atoms with Gasteiger partial charge in [-0.25, -0.2) is 9.97 Å². The first-order chi connectivity index (χ1) is 19.1. The van der Waals surface area contributed by atoms with Crippen LogP contribution in [-0.4, -0.2) is 69.4 Å². The Balaban J connectivity index is 1.76. The molecule has 1 aliphatic heterocycles. The molecule has 0 amide bonds. The number of esters is 4. The molecule has 12 heteroatoms. The van der Waals surface area contributed by atoms with E-state index < -0.39 is 54.5 Å². The Morgan fingerprint density at radius 3 is 1.98 bits per heavy atom. The molecular formula is C28H27N3O9. The molecule has 2 aromatic heterocycles. The van der Waals surface area contributed by atoms with Gasteiger partial charge in [0.15, 0.2) is 30.2 Å². The third-order valence-corrected chi connectivity index (χ3v) is 6.42. The number of ether oxygens (including phenoxy) is 5. The summed E-state index contributed by atoms with van der Waals surface area (Å²) in [6.45, 7) is 4.44. The molecule has 5 rings (SSSR count). The number of hydrogen-bond donors (Lipinski definition) is 0. The van der Waals surface area contributed by atoms with Crippen LogP contribution in [0.4, 0.5) is 0 Å². The molecule has 0 saturated carbocycles. The monoisotopic (exact) mass is 549 g/mol. The third-order valence-electron chi connectivity index (χ3n) is 6.42. The van der Waals surface area contributed by atoms with Crippen molar-refractivity contribution in [3.8, 4) is 0 Å². The van der Waals surface area contributed by atoms with E-state index >= 15 is 0 Å². The minimum absolute atomic E-state index is 0.333. The summed E-state index contributed by atoms with van der Waals surface area (Å²) >= 11 is 0. The first-order valence-electron chi connectivity index (χ1n) is 12.6. The molecule has 0 N–H and O–H groups in total. The molecule has 0 aliphatic carbocycles. The van der Waals surface area contributed by atoms with Gasteiger partial charge in [0.05, 0.1) is 16.6 Å². The van der Waals surface area contributed by atoms with E-state index in [1.807, 2.05) is 48.5 Å². The summed E-state index contributed by atoms with van der Waals surface area (Å²) in [4.78, 5) is 58.1. The second-order valence-electron chi connectivity index (χ2n) is 9.36. The smallest absolute Gasteiger partial charge is 0.303 e. The molecule has 40 heavy (non-hydrogen) atoms. The van der Waals surface area contributed by atoms with Gasteiger partial charge in [-0.15, -0.1) is 0 Å². The Morgan fingerprint density at radius 2 is 1.32 bits per heavy atom. The van der Waals surface area contributed by atoms with Gasteiger partial charge in [-0.1, -0.05) is 30.3 Å². The number of hydrogen-bond acceptors (Lipinski definition) is 11. The first kappa shape index (κ1) is 27.0. The Labute approximate surface area is 228 Å². The fourth-order valence-corrected chi connectivity index (χ4v) is 5.01. The Morgan fingerprint density at radius 1 is 0.750 bits per heavy atom. The highest BCUT2D eigenvalue weighted by molar-refractivity contribution is 6.06. The van der Waals surface area contributed by atoms with E-state index in [9.17, 15) is 19.2 Å². The fourth-order valence-electron chi connectivity index (χ4n) is 5.01. The van der Waals surface area contributed by atoms with E-state index in [0.29, 0.717) is 27.7 Å². The maximum atomic E-state index is 12.4. The Kier molecular flexibility index (Phi) is 7.35. The molecule has 0 bridgehead atoms. The predicted octanol–water partition coefficient (Wildman–Crippen LogP) is 2.99. The Hall–Kier alpha value is -4.58. The second-order valence-corrected chi connectivity index (χ2v) is 9.36. The lowest BCUT2D eigenvalue weighted by molar-refractivity contribution is -0.267. The Bertz CT molecular complexity index is 1630. The topological polar surface area (TPSA) is 145 Å². The van der Waals surface area contributed by atoms with Crippen LogP contribution in [0.5, 0.6) is 0 Å². The second kappa shape index (κ2) is 10.9. The average Bonchev–Trinajstić information content (AvgIpc) is 3.21. The number of benzene rings is 2. The minimum Gasteiger partial charge on any atom is -0.463 e. The number of carbonyl (C=O) groups is 4. The van der Waals surface area contributed by atoms with Crippen molar-refractivity contribution in [2.24, 2.45) is 0 Å². The van der Waals surface area contributed by atoms with E-state index in [2.05, 4.69) is 0 Å². The largest absolute Gasteiger partial charge is 0.463 e. The highest BCUT2D eigenvalue weighted by atomic mass is 16.7. The van der Waals surface area contributed by atoms with Gasteiger partial charge in [0.1, 0.15) is 18.2 Å². The minimum atomic E-state index is -1.31. The summed E-state index contributed by atoms with van der Waals surface area (Å²) in [5, 5.41) is 0.753. The summed E-state index contributed by atoms with van der Waals surface area (Å²) in [5.41, 5.74) is 2.93. The molecule has 5 atom stereocenters. The van der Waals surface area contributed by atoms with Crippen LogP contribution in [0.2, 0.25) is 0 Å². The predicted molar refractivity (Wildman–Crippen MR) is 140 cm³/mol. The molecule has 0 radical (unpaired) electrons. The zero-order chi connectivity index (χ0) is 28.6. The van der Waals surface area contributed by atoms with Gasteiger partial charge >= 0.3 is 23.9 Å². The molecule has 2 aromatic carbocycles. The van der Waals surface area contributed by atoms with E-state index in [-0.39, 0.29) is 6.61 Å².